The van der Waals surface area contributed by atoms with Crippen molar-refractivity contribution in [1.29, 1.82) is 0 Å². The Morgan fingerprint density at radius 2 is 2.05 bits per heavy atom. The third kappa shape index (κ3) is 2.89. The van der Waals surface area contributed by atoms with E-state index in [0.29, 0.717) is 0 Å². The standard InChI is InChI=1S/C16H22ClN3/c1-5-8-20-12(3)16(11(2)19-20)13-6-7-14(10-18-4)15(17)9-13/h6-7,9,18H,5,8,10H2,1-4H3. The van der Waals surface area contributed by atoms with Gasteiger partial charge in [0.05, 0.1) is 5.69 Å². The van der Waals surface area contributed by atoms with Gasteiger partial charge in [-0.15, -0.1) is 0 Å². The molecule has 0 spiro atoms. The van der Waals surface area contributed by atoms with Gasteiger partial charge < -0.3 is 5.32 Å². The number of nitrogens with one attached hydrogen (secondary N) is 1. The molecular formula is C16H22ClN3. The molecule has 108 valence electrons. The molecular weight excluding hydrogens is 270 g/mol. The van der Waals surface area contributed by atoms with Crippen molar-refractivity contribution in [2.24, 2.45) is 0 Å². The second kappa shape index (κ2) is 6.42. The van der Waals surface area contributed by atoms with Gasteiger partial charge in [0.15, 0.2) is 0 Å². The van der Waals surface area contributed by atoms with Gasteiger partial charge in [0.25, 0.3) is 0 Å². The molecule has 1 N–H and O–H groups in total. The molecule has 0 aliphatic heterocycles. The fraction of sp³-hybridized carbons (Fsp3) is 0.438. The Hall–Kier alpha value is -1.32. The molecule has 4 heteroatoms. The Morgan fingerprint density at radius 1 is 1.30 bits per heavy atom. The Kier molecular flexibility index (Phi) is 4.84. The number of halogens is 1. The predicted octanol–water partition coefficient (Wildman–Crippen LogP) is 3.95. The van der Waals surface area contributed by atoms with Crippen LogP contribution in [0.4, 0.5) is 0 Å². The number of rotatable bonds is 5. The van der Waals surface area contributed by atoms with E-state index >= 15 is 0 Å². The van der Waals surface area contributed by atoms with Crippen LogP contribution in [0.25, 0.3) is 11.1 Å². The summed E-state index contributed by atoms with van der Waals surface area (Å²) in [6, 6.07) is 6.26. The van der Waals surface area contributed by atoms with Crippen molar-refractivity contribution < 1.29 is 0 Å². The van der Waals surface area contributed by atoms with Crippen LogP contribution < -0.4 is 5.32 Å². The molecule has 0 atom stereocenters. The van der Waals surface area contributed by atoms with E-state index in [0.717, 1.165) is 41.4 Å². The van der Waals surface area contributed by atoms with Crippen LogP contribution in [-0.2, 0) is 13.1 Å². The highest BCUT2D eigenvalue weighted by Crippen LogP contribution is 2.30. The molecule has 0 fully saturated rings. The van der Waals surface area contributed by atoms with Crippen LogP contribution >= 0.6 is 11.6 Å². The quantitative estimate of drug-likeness (QED) is 0.904. The Morgan fingerprint density at radius 3 is 2.65 bits per heavy atom. The molecule has 0 radical (unpaired) electrons. The molecule has 0 bridgehead atoms. The minimum atomic E-state index is 0.784. The number of hydrogen-bond acceptors (Lipinski definition) is 2. The van der Waals surface area contributed by atoms with Crippen molar-refractivity contribution >= 4 is 11.6 Å². The summed E-state index contributed by atoms with van der Waals surface area (Å²) in [6.45, 7) is 8.09. The first-order valence-electron chi connectivity index (χ1n) is 7.05. The molecule has 2 aromatic rings. The van der Waals surface area contributed by atoms with E-state index in [-0.39, 0.29) is 0 Å². The topological polar surface area (TPSA) is 29.9 Å². The molecule has 0 aliphatic carbocycles. The van der Waals surface area contributed by atoms with E-state index in [1.807, 2.05) is 13.1 Å². The van der Waals surface area contributed by atoms with Crippen molar-refractivity contribution in [3.63, 3.8) is 0 Å². The maximum absolute atomic E-state index is 6.36. The third-order valence-corrected chi connectivity index (χ3v) is 3.88. The Labute approximate surface area is 126 Å². The summed E-state index contributed by atoms with van der Waals surface area (Å²) in [5.41, 5.74) is 5.74. The van der Waals surface area contributed by atoms with Crippen molar-refractivity contribution in [2.45, 2.75) is 40.3 Å². The molecule has 3 nitrogen and oxygen atoms in total. The van der Waals surface area contributed by atoms with Crippen LogP contribution in [0.1, 0.15) is 30.3 Å². The van der Waals surface area contributed by atoms with E-state index < -0.39 is 0 Å². The van der Waals surface area contributed by atoms with Gasteiger partial charge in [-0.3, -0.25) is 4.68 Å². The summed E-state index contributed by atoms with van der Waals surface area (Å²) in [5, 5.41) is 8.56. The lowest BCUT2D eigenvalue weighted by Crippen LogP contribution is -2.05. The summed E-state index contributed by atoms with van der Waals surface area (Å²) in [6.07, 6.45) is 1.09. The fourth-order valence-corrected chi connectivity index (χ4v) is 2.83. The number of aromatic nitrogens is 2. The molecule has 0 unspecified atom stereocenters. The SMILES string of the molecule is CCCn1nc(C)c(-c2ccc(CNC)c(Cl)c2)c1C. The molecule has 1 heterocycles. The largest absolute Gasteiger partial charge is 0.316 e. The lowest BCUT2D eigenvalue weighted by molar-refractivity contribution is 0.583. The maximum Gasteiger partial charge on any atom is 0.0674 e. The summed E-state index contributed by atoms with van der Waals surface area (Å²) in [5.74, 6) is 0. The van der Waals surface area contributed by atoms with Gasteiger partial charge in [-0.1, -0.05) is 30.7 Å². The first-order chi connectivity index (χ1) is 9.58. The number of benzene rings is 1. The highest BCUT2D eigenvalue weighted by molar-refractivity contribution is 6.31. The van der Waals surface area contributed by atoms with Crippen molar-refractivity contribution in [3.8, 4) is 11.1 Å². The number of hydrogen-bond donors (Lipinski definition) is 1. The molecule has 0 saturated heterocycles. The van der Waals surface area contributed by atoms with Gasteiger partial charge >= 0.3 is 0 Å². The maximum atomic E-state index is 6.36. The van der Waals surface area contributed by atoms with Crippen LogP contribution in [0.3, 0.4) is 0 Å². The van der Waals surface area contributed by atoms with E-state index in [4.69, 9.17) is 11.6 Å². The van der Waals surface area contributed by atoms with Crippen molar-refractivity contribution in [2.75, 3.05) is 7.05 Å². The second-order valence-corrected chi connectivity index (χ2v) is 5.51. The molecule has 0 aliphatic rings. The van der Waals surface area contributed by atoms with Crippen LogP contribution in [0.5, 0.6) is 0 Å². The average molecular weight is 292 g/mol. The van der Waals surface area contributed by atoms with Gasteiger partial charge in [-0.25, -0.2) is 0 Å². The first-order valence-corrected chi connectivity index (χ1v) is 7.43. The third-order valence-electron chi connectivity index (χ3n) is 3.53. The lowest BCUT2D eigenvalue weighted by Gasteiger charge is -2.08. The summed E-state index contributed by atoms with van der Waals surface area (Å²) in [7, 11) is 1.92. The van der Waals surface area contributed by atoms with E-state index in [2.05, 4.69) is 48.0 Å². The molecule has 0 saturated carbocycles. The average Bonchev–Trinajstić information content (AvgIpc) is 2.68. The minimum absolute atomic E-state index is 0.784. The van der Waals surface area contributed by atoms with Gasteiger partial charge in [0, 0.05) is 29.4 Å². The minimum Gasteiger partial charge on any atom is -0.316 e. The van der Waals surface area contributed by atoms with Gasteiger partial charge in [0.2, 0.25) is 0 Å². The highest BCUT2D eigenvalue weighted by Gasteiger charge is 2.14. The second-order valence-electron chi connectivity index (χ2n) is 5.11. The van der Waals surface area contributed by atoms with Crippen LogP contribution in [0.2, 0.25) is 5.02 Å². The predicted molar refractivity (Wildman–Crippen MR) is 85.2 cm³/mol. The lowest BCUT2D eigenvalue weighted by atomic mass is 10.0. The Bertz CT molecular complexity index is 602. The van der Waals surface area contributed by atoms with Crippen molar-refractivity contribution in [3.05, 3.63) is 40.2 Å². The normalized spacial score (nSPS) is 11.1. The zero-order valence-electron chi connectivity index (χ0n) is 12.6. The fourth-order valence-electron chi connectivity index (χ4n) is 2.58. The molecule has 1 aromatic heterocycles. The van der Waals surface area contributed by atoms with E-state index in [9.17, 15) is 0 Å². The number of nitrogens with zero attached hydrogens (tertiary/aromatic N) is 2. The van der Waals surface area contributed by atoms with Gasteiger partial charge in [0.1, 0.15) is 0 Å². The number of aryl methyl sites for hydroxylation is 2. The highest BCUT2D eigenvalue weighted by atomic mass is 35.5. The monoisotopic (exact) mass is 291 g/mol. The zero-order valence-corrected chi connectivity index (χ0v) is 13.4. The van der Waals surface area contributed by atoms with Gasteiger partial charge in [-0.05, 0) is 44.5 Å². The molecule has 20 heavy (non-hydrogen) atoms. The van der Waals surface area contributed by atoms with E-state index in [1.165, 1.54) is 11.3 Å². The van der Waals surface area contributed by atoms with Crippen molar-refractivity contribution in [1.82, 2.24) is 15.1 Å². The molecule has 2 rings (SSSR count). The smallest absolute Gasteiger partial charge is 0.0674 e. The summed E-state index contributed by atoms with van der Waals surface area (Å²) in [4.78, 5) is 0. The zero-order chi connectivity index (χ0) is 14.7. The van der Waals surface area contributed by atoms with Crippen LogP contribution in [-0.4, -0.2) is 16.8 Å². The molecule has 1 aromatic carbocycles. The van der Waals surface area contributed by atoms with Crippen LogP contribution in [0, 0.1) is 13.8 Å². The first kappa shape index (κ1) is 15.1. The van der Waals surface area contributed by atoms with Crippen LogP contribution in [0.15, 0.2) is 18.2 Å². The van der Waals surface area contributed by atoms with Gasteiger partial charge in [-0.2, -0.15) is 5.10 Å². The summed E-state index contributed by atoms with van der Waals surface area (Å²) >= 11 is 6.36. The Balaban J connectivity index is 2.44. The molecule has 0 amide bonds. The van der Waals surface area contributed by atoms with E-state index in [1.54, 1.807) is 0 Å². The summed E-state index contributed by atoms with van der Waals surface area (Å²) < 4.78 is 2.08.